The second-order valence-electron chi connectivity index (χ2n) is 5.88. The number of benzene rings is 1. The SMILES string of the molecule is CCOCCCNC(=NCc1ccccc1OC(F)F)NCCc1ccco1. The van der Waals surface area contributed by atoms with Crippen molar-refractivity contribution in [3.8, 4) is 5.75 Å². The Labute approximate surface area is 163 Å². The first-order valence-corrected chi connectivity index (χ1v) is 9.34. The Bertz CT molecular complexity index is 694. The number of hydrogen-bond donors (Lipinski definition) is 2. The lowest BCUT2D eigenvalue weighted by Crippen LogP contribution is -2.39. The van der Waals surface area contributed by atoms with Gasteiger partial charge in [0.25, 0.3) is 0 Å². The number of halogens is 2. The largest absolute Gasteiger partial charge is 0.469 e. The molecule has 0 spiro atoms. The fraction of sp³-hybridized carbons (Fsp3) is 0.450. The summed E-state index contributed by atoms with van der Waals surface area (Å²) in [4.78, 5) is 4.50. The van der Waals surface area contributed by atoms with Gasteiger partial charge in [-0.1, -0.05) is 18.2 Å². The van der Waals surface area contributed by atoms with Crippen LogP contribution in [0, 0.1) is 0 Å². The fourth-order valence-electron chi connectivity index (χ4n) is 2.47. The molecule has 0 bridgehead atoms. The number of guanidine groups is 1. The summed E-state index contributed by atoms with van der Waals surface area (Å²) in [6.45, 7) is 1.95. The number of nitrogens with zero attached hydrogens (tertiary/aromatic N) is 1. The van der Waals surface area contributed by atoms with Crippen molar-refractivity contribution in [1.82, 2.24) is 10.6 Å². The molecule has 2 aromatic rings. The number of hydrogen-bond acceptors (Lipinski definition) is 4. The molecule has 2 rings (SSSR count). The van der Waals surface area contributed by atoms with Gasteiger partial charge in [-0.25, -0.2) is 4.99 Å². The molecule has 0 aliphatic carbocycles. The molecule has 154 valence electrons. The Morgan fingerprint density at radius 1 is 1.14 bits per heavy atom. The maximum absolute atomic E-state index is 12.6. The minimum atomic E-state index is -2.87. The first-order valence-electron chi connectivity index (χ1n) is 9.34. The summed E-state index contributed by atoms with van der Waals surface area (Å²) in [7, 11) is 0. The summed E-state index contributed by atoms with van der Waals surface area (Å²) >= 11 is 0. The van der Waals surface area contributed by atoms with Crippen molar-refractivity contribution in [2.75, 3.05) is 26.3 Å². The van der Waals surface area contributed by atoms with Crippen LogP contribution in [-0.2, 0) is 17.7 Å². The molecular formula is C20H27F2N3O3. The van der Waals surface area contributed by atoms with Gasteiger partial charge >= 0.3 is 6.61 Å². The van der Waals surface area contributed by atoms with E-state index in [1.165, 1.54) is 6.07 Å². The second-order valence-corrected chi connectivity index (χ2v) is 5.88. The molecule has 0 amide bonds. The highest BCUT2D eigenvalue weighted by atomic mass is 19.3. The molecule has 8 heteroatoms. The highest BCUT2D eigenvalue weighted by molar-refractivity contribution is 5.79. The van der Waals surface area contributed by atoms with E-state index >= 15 is 0 Å². The minimum Gasteiger partial charge on any atom is -0.469 e. The van der Waals surface area contributed by atoms with E-state index in [2.05, 4.69) is 20.4 Å². The Morgan fingerprint density at radius 3 is 2.71 bits per heavy atom. The predicted molar refractivity (Wildman–Crippen MR) is 104 cm³/mol. The fourth-order valence-corrected chi connectivity index (χ4v) is 2.47. The van der Waals surface area contributed by atoms with Crippen LogP contribution in [0.3, 0.4) is 0 Å². The van der Waals surface area contributed by atoms with Crippen molar-refractivity contribution < 1.29 is 22.7 Å². The molecule has 0 saturated carbocycles. The van der Waals surface area contributed by atoms with Gasteiger partial charge < -0.3 is 24.5 Å². The third kappa shape index (κ3) is 8.39. The van der Waals surface area contributed by atoms with Crippen LogP contribution >= 0.6 is 0 Å². The molecule has 28 heavy (non-hydrogen) atoms. The van der Waals surface area contributed by atoms with E-state index < -0.39 is 6.61 Å². The van der Waals surface area contributed by atoms with Crippen LogP contribution in [0.4, 0.5) is 8.78 Å². The second kappa shape index (κ2) is 12.7. The van der Waals surface area contributed by atoms with E-state index in [1.54, 1.807) is 24.5 Å². The summed E-state index contributed by atoms with van der Waals surface area (Å²) in [5.41, 5.74) is 0.587. The van der Waals surface area contributed by atoms with E-state index in [-0.39, 0.29) is 12.3 Å². The Balaban J connectivity index is 1.94. The third-order valence-corrected chi connectivity index (χ3v) is 3.80. The summed E-state index contributed by atoms with van der Waals surface area (Å²) in [6, 6.07) is 10.4. The maximum Gasteiger partial charge on any atom is 0.387 e. The molecule has 0 atom stereocenters. The van der Waals surface area contributed by atoms with Crippen molar-refractivity contribution in [1.29, 1.82) is 0 Å². The van der Waals surface area contributed by atoms with Crippen LogP contribution in [0.25, 0.3) is 0 Å². The van der Waals surface area contributed by atoms with Gasteiger partial charge in [0.05, 0.1) is 12.8 Å². The number of para-hydroxylation sites is 1. The van der Waals surface area contributed by atoms with Gasteiger partial charge in [0.2, 0.25) is 0 Å². The first kappa shape index (κ1) is 21.7. The van der Waals surface area contributed by atoms with Gasteiger partial charge in [-0.3, -0.25) is 0 Å². The molecule has 0 aliphatic rings. The van der Waals surface area contributed by atoms with Crippen LogP contribution in [0.2, 0.25) is 0 Å². The zero-order chi connectivity index (χ0) is 20.0. The van der Waals surface area contributed by atoms with Gasteiger partial charge in [-0.15, -0.1) is 0 Å². The lowest BCUT2D eigenvalue weighted by molar-refractivity contribution is -0.0504. The van der Waals surface area contributed by atoms with Crippen molar-refractivity contribution in [2.24, 2.45) is 4.99 Å². The zero-order valence-corrected chi connectivity index (χ0v) is 16.0. The number of alkyl halides is 2. The number of nitrogens with one attached hydrogen (secondary N) is 2. The molecule has 2 N–H and O–H groups in total. The molecule has 6 nitrogen and oxygen atoms in total. The minimum absolute atomic E-state index is 0.132. The van der Waals surface area contributed by atoms with Crippen LogP contribution in [0.15, 0.2) is 52.1 Å². The lowest BCUT2D eigenvalue weighted by Gasteiger charge is -2.13. The Kier molecular flexibility index (Phi) is 9.85. The molecular weight excluding hydrogens is 368 g/mol. The van der Waals surface area contributed by atoms with Crippen molar-refractivity contribution >= 4 is 5.96 Å². The predicted octanol–water partition coefficient (Wildman–Crippen LogP) is 3.59. The van der Waals surface area contributed by atoms with Crippen molar-refractivity contribution in [3.05, 3.63) is 54.0 Å². The normalized spacial score (nSPS) is 11.6. The van der Waals surface area contributed by atoms with Crippen LogP contribution < -0.4 is 15.4 Å². The number of rotatable bonds is 12. The van der Waals surface area contributed by atoms with E-state index in [0.29, 0.717) is 44.2 Å². The van der Waals surface area contributed by atoms with Crippen LogP contribution in [-0.4, -0.2) is 38.9 Å². The monoisotopic (exact) mass is 395 g/mol. The van der Waals surface area contributed by atoms with Gasteiger partial charge in [0.1, 0.15) is 11.5 Å². The van der Waals surface area contributed by atoms with Crippen molar-refractivity contribution in [3.63, 3.8) is 0 Å². The Morgan fingerprint density at radius 2 is 1.96 bits per heavy atom. The van der Waals surface area contributed by atoms with Crippen LogP contribution in [0.5, 0.6) is 5.75 Å². The molecule has 1 aromatic carbocycles. The van der Waals surface area contributed by atoms with Crippen molar-refractivity contribution in [2.45, 2.75) is 32.9 Å². The lowest BCUT2D eigenvalue weighted by atomic mass is 10.2. The summed E-state index contributed by atoms with van der Waals surface area (Å²) < 4.78 is 40.3. The molecule has 0 fully saturated rings. The van der Waals surface area contributed by atoms with E-state index in [1.807, 2.05) is 19.1 Å². The topological polar surface area (TPSA) is 68.0 Å². The molecule has 0 aliphatic heterocycles. The smallest absolute Gasteiger partial charge is 0.387 e. The quantitative estimate of drug-likeness (QED) is 0.327. The van der Waals surface area contributed by atoms with Gasteiger partial charge in [0.15, 0.2) is 5.96 Å². The molecule has 0 saturated heterocycles. The summed E-state index contributed by atoms with van der Waals surface area (Å²) in [5, 5.41) is 6.46. The number of aliphatic imine (C=N–C) groups is 1. The van der Waals surface area contributed by atoms with Gasteiger partial charge in [-0.2, -0.15) is 8.78 Å². The standard InChI is InChI=1S/C20H27F2N3O3/c1-2-26-13-6-11-23-20(24-12-10-17-8-5-14-27-17)25-15-16-7-3-4-9-18(16)28-19(21)22/h3-5,7-9,14,19H,2,6,10-13,15H2,1H3,(H2,23,24,25). The average molecular weight is 395 g/mol. The highest BCUT2D eigenvalue weighted by Gasteiger charge is 2.09. The number of ether oxygens (including phenoxy) is 2. The highest BCUT2D eigenvalue weighted by Crippen LogP contribution is 2.20. The molecule has 0 radical (unpaired) electrons. The van der Waals surface area contributed by atoms with Crippen LogP contribution in [0.1, 0.15) is 24.7 Å². The maximum atomic E-state index is 12.6. The summed E-state index contributed by atoms with van der Waals surface area (Å²) in [5.74, 6) is 1.60. The average Bonchev–Trinajstić information content (AvgIpc) is 3.19. The first-order chi connectivity index (χ1) is 13.7. The molecule has 1 heterocycles. The summed E-state index contributed by atoms with van der Waals surface area (Å²) in [6.07, 6.45) is 3.17. The van der Waals surface area contributed by atoms with E-state index in [4.69, 9.17) is 9.15 Å². The molecule has 1 aromatic heterocycles. The number of furan rings is 1. The Hall–Kier alpha value is -2.61. The van der Waals surface area contributed by atoms with Gasteiger partial charge in [0, 0.05) is 38.3 Å². The van der Waals surface area contributed by atoms with E-state index in [9.17, 15) is 8.78 Å². The van der Waals surface area contributed by atoms with E-state index in [0.717, 1.165) is 12.2 Å². The third-order valence-electron chi connectivity index (χ3n) is 3.80. The zero-order valence-electron chi connectivity index (χ0n) is 16.0. The van der Waals surface area contributed by atoms with Gasteiger partial charge in [-0.05, 0) is 31.5 Å². The molecule has 0 unspecified atom stereocenters.